The Kier molecular flexibility index (Phi) is 8.33. The van der Waals surface area contributed by atoms with Gasteiger partial charge in [0.25, 0.3) is 0 Å². The van der Waals surface area contributed by atoms with Crippen LogP contribution in [0, 0.1) is 5.92 Å². The van der Waals surface area contributed by atoms with Crippen LogP contribution in [0.5, 0.6) is 0 Å². The summed E-state index contributed by atoms with van der Waals surface area (Å²) in [5.74, 6) is 0.329. The third kappa shape index (κ3) is 7.86. The summed E-state index contributed by atoms with van der Waals surface area (Å²) >= 11 is 0. The van der Waals surface area contributed by atoms with Gasteiger partial charge < -0.3 is 15.7 Å². The molecule has 1 atom stereocenters. The Morgan fingerprint density at radius 2 is 2.00 bits per heavy atom. The maximum atomic E-state index is 11.0. The van der Waals surface area contributed by atoms with Gasteiger partial charge in [0.15, 0.2) is 0 Å². The van der Waals surface area contributed by atoms with Gasteiger partial charge in [-0.25, -0.2) is 4.79 Å². The summed E-state index contributed by atoms with van der Waals surface area (Å²) in [6.07, 6.45) is 2.82. The number of carbonyl (C=O) groups is 1. The van der Waals surface area contributed by atoms with Gasteiger partial charge in [-0.15, -0.1) is 0 Å². The molecule has 0 aromatic carbocycles. The van der Waals surface area contributed by atoms with Crippen LogP contribution in [0.15, 0.2) is 0 Å². The third-order valence-corrected chi connectivity index (χ3v) is 2.01. The second kappa shape index (κ2) is 8.81. The number of aliphatic hydroxyl groups excluding tert-OH is 1. The van der Waals surface area contributed by atoms with Gasteiger partial charge in [-0.05, 0) is 25.2 Å². The first-order chi connectivity index (χ1) is 6.70. The number of nitrogens with one attached hydrogen (secondary N) is 2. The first-order valence-electron chi connectivity index (χ1n) is 5.33. The van der Waals surface area contributed by atoms with Gasteiger partial charge in [0, 0.05) is 19.7 Å². The van der Waals surface area contributed by atoms with E-state index in [1.54, 1.807) is 0 Å². The van der Waals surface area contributed by atoms with E-state index in [4.69, 9.17) is 5.11 Å². The molecule has 0 fully saturated rings. The van der Waals surface area contributed by atoms with Crippen LogP contribution in [0.4, 0.5) is 4.79 Å². The second-order valence-electron chi connectivity index (χ2n) is 3.61. The Labute approximate surface area is 86.1 Å². The summed E-state index contributed by atoms with van der Waals surface area (Å²) in [6, 6.07) is -0.0940. The van der Waals surface area contributed by atoms with Gasteiger partial charge in [-0.3, -0.25) is 0 Å². The molecule has 0 aromatic heterocycles. The van der Waals surface area contributed by atoms with Crippen molar-refractivity contribution in [1.29, 1.82) is 0 Å². The molecule has 4 heteroatoms. The smallest absolute Gasteiger partial charge is 0.314 e. The lowest BCUT2D eigenvalue weighted by atomic mass is 10.1. The summed E-state index contributed by atoms with van der Waals surface area (Å²) < 4.78 is 0. The number of aliphatic hydroxyl groups is 1. The van der Waals surface area contributed by atoms with Crippen molar-refractivity contribution in [3.05, 3.63) is 0 Å². The molecule has 3 N–H and O–H groups in total. The summed E-state index contributed by atoms with van der Waals surface area (Å²) in [6.45, 7) is 5.64. The van der Waals surface area contributed by atoms with Crippen molar-refractivity contribution >= 4 is 6.03 Å². The monoisotopic (exact) mass is 202 g/mol. The Hall–Kier alpha value is -0.770. The fraction of sp³-hybridized carbons (Fsp3) is 0.900. The molecule has 0 spiro atoms. The zero-order valence-corrected chi connectivity index (χ0v) is 9.18. The number of hydrogen-bond acceptors (Lipinski definition) is 2. The van der Waals surface area contributed by atoms with Gasteiger partial charge in [0.05, 0.1) is 0 Å². The van der Waals surface area contributed by atoms with E-state index in [9.17, 15) is 4.79 Å². The standard InChI is InChI=1S/C10H22N2O2/c1-3-6-11-10(14)12-7-4-5-9(2)8-13/h9,13H,3-8H2,1-2H3,(H2,11,12,14). The number of hydrogen-bond donors (Lipinski definition) is 3. The molecule has 0 radical (unpaired) electrons. The molecule has 0 heterocycles. The van der Waals surface area contributed by atoms with Crippen LogP contribution >= 0.6 is 0 Å². The number of amides is 2. The lowest BCUT2D eigenvalue weighted by Gasteiger charge is -2.08. The van der Waals surface area contributed by atoms with Gasteiger partial charge in [0.1, 0.15) is 0 Å². The van der Waals surface area contributed by atoms with Gasteiger partial charge in [0.2, 0.25) is 0 Å². The molecule has 0 aliphatic heterocycles. The molecular weight excluding hydrogens is 180 g/mol. The zero-order valence-electron chi connectivity index (χ0n) is 9.18. The lowest BCUT2D eigenvalue weighted by molar-refractivity contribution is 0.226. The molecule has 0 saturated heterocycles. The summed E-state index contributed by atoms with van der Waals surface area (Å²) in [7, 11) is 0. The van der Waals surface area contributed by atoms with Crippen molar-refractivity contribution in [3.8, 4) is 0 Å². The average Bonchev–Trinajstić information content (AvgIpc) is 2.21. The number of carbonyl (C=O) groups excluding carboxylic acids is 1. The van der Waals surface area contributed by atoms with Crippen molar-refractivity contribution in [3.63, 3.8) is 0 Å². The van der Waals surface area contributed by atoms with E-state index in [-0.39, 0.29) is 12.6 Å². The van der Waals surface area contributed by atoms with Crippen molar-refractivity contribution in [1.82, 2.24) is 10.6 Å². The predicted molar refractivity (Wildman–Crippen MR) is 57.2 cm³/mol. The van der Waals surface area contributed by atoms with Crippen LogP contribution < -0.4 is 10.6 Å². The van der Waals surface area contributed by atoms with Crippen molar-refractivity contribution in [2.75, 3.05) is 19.7 Å². The predicted octanol–water partition coefficient (Wildman–Crippen LogP) is 1.10. The maximum Gasteiger partial charge on any atom is 0.314 e. The molecule has 0 rings (SSSR count). The fourth-order valence-electron chi connectivity index (χ4n) is 1.04. The zero-order chi connectivity index (χ0) is 10.8. The molecule has 84 valence electrons. The Morgan fingerprint density at radius 3 is 2.57 bits per heavy atom. The molecule has 0 saturated carbocycles. The molecule has 0 aliphatic rings. The highest BCUT2D eigenvalue weighted by Crippen LogP contribution is 2.02. The minimum absolute atomic E-state index is 0.0940. The number of urea groups is 1. The minimum Gasteiger partial charge on any atom is -0.396 e. The van der Waals surface area contributed by atoms with E-state index in [2.05, 4.69) is 10.6 Å². The quantitative estimate of drug-likeness (QED) is 0.541. The first-order valence-corrected chi connectivity index (χ1v) is 5.33. The summed E-state index contributed by atoms with van der Waals surface area (Å²) in [4.78, 5) is 11.0. The third-order valence-electron chi connectivity index (χ3n) is 2.01. The molecule has 0 aromatic rings. The summed E-state index contributed by atoms with van der Waals surface area (Å²) in [5.41, 5.74) is 0. The molecule has 2 amide bonds. The van der Waals surface area contributed by atoms with Crippen molar-refractivity contribution < 1.29 is 9.90 Å². The van der Waals surface area contributed by atoms with E-state index >= 15 is 0 Å². The topological polar surface area (TPSA) is 61.4 Å². The van der Waals surface area contributed by atoms with Gasteiger partial charge >= 0.3 is 6.03 Å². The van der Waals surface area contributed by atoms with Crippen molar-refractivity contribution in [2.24, 2.45) is 5.92 Å². The number of rotatable bonds is 7. The van der Waals surface area contributed by atoms with E-state index in [0.29, 0.717) is 12.5 Å². The van der Waals surface area contributed by atoms with E-state index in [1.807, 2.05) is 13.8 Å². The Balaban J connectivity index is 3.22. The molecular formula is C10H22N2O2. The SMILES string of the molecule is CCCNC(=O)NCCCC(C)CO. The Morgan fingerprint density at radius 1 is 1.36 bits per heavy atom. The first kappa shape index (κ1) is 13.2. The molecule has 14 heavy (non-hydrogen) atoms. The fourth-order valence-corrected chi connectivity index (χ4v) is 1.04. The second-order valence-corrected chi connectivity index (χ2v) is 3.61. The van der Waals surface area contributed by atoms with Crippen molar-refractivity contribution in [2.45, 2.75) is 33.1 Å². The van der Waals surface area contributed by atoms with E-state index in [0.717, 1.165) is 25.8 Å². The lowest BCUT2D eigenvalue weighted by Crippen LogP contribution is -2.36. The summed E-state index contributed by atoms with van der Waals surface area (Å²) in [5, 5.41) is 14.3. The van der Waals surface area contributed by atoms with Crippen LogP contribution in [0.3, 0.4) is 0 Å². The van der Waals surface area contributed by atoms with Crippen LogP contribution in [0.2, 0.25) is 0 Å². The highest BCUT2D eigenvalue weighted by molar-refractivity contribution is 5.73. The van der Waals surface area contributed by atoms with Gasteiger partial charge in [-0.1, -0.05) is 13.8 Å². The van der Waals surface area contributed by atoms with Gasteiger partial charge in [-0.2, -0.15) is 0 Å². The van der Waals surface area contributed by atoms with Crippen LogP contribution in [0.1, 0.15) is 33.1 Å². The maximum absolute atomic E-state index is 11.0. The van der Waals surface area contributed by atoms with Crippen LogP contribution in [0.25, 0.3) is 0 Å². The molecule has 0 aliphatic carbocycles. The van der Waals surface area contributed by atoms with Crippen LogP contribution in [-0.2, 0) is 0 Å². The highest BCUT2D eigenvalue weighted by Gasteiger charge is 2.00. The largest absolute Gasteiger partial charge is 0.396 e. The normalized spacial score (nSPS) is 12.2. The highest BCUT2D eigenvalue weighted by atomic mass is 16.3. The molecule has 0 bridgehead atoms. The van der Waals surface area contributed by atoms with E-state index in [1.165, 1.54) is 0 Å². The minimum atomic E-state index is -0.0940. The molecule has 4 nitrogen and oxygen atoms in total. The van der Waals surface area contributed by atoms with Crippen LogP contribution in [-0.4, -0.2) is 30.8 Å². The van der Waals surface area contributed by atoms with E-state index < -0.39 is 0 Å². The Bertz CT molecular complexity index is 151. The average molecular weight is 202 g/mol. The molecule has 1 unspecified atom stereocenters.